The Bertz CT molecular complexity index is 289. The lowest BCUT2D eigenvalue weighted by molar-refractivity contribution is -0.115. The van der Waals surface area contributed by atoms with Gasteiger partial charge in [-0.15, -0.1) is 0 Å². The lowest BCUT2D eigenvalue weighted by atomic mass is 9.85. The highest BCUT2D eigenvalue weighted by Gasteiger charge is 2.21. The van der Waals surface area contributed by atoms with Crippen molar-refractivity contribution in [3.63, 3.8) is 0 Å². The second-order valence-corrected chi connectivity index (χ2v) is 6.00. The van der Waals surface area contributed by atoms with E-state index in [4.69, 9.17) is 0 Å². The molecule has 0 spiro atoms. The Morgan fingerprint density at radius 2 is 1.89 bits per heavy atom. The molecule has 2 heteroatoms. The van der Waals surface area contributed by atoms with Crippen LogP contribution in [0.15, 0.2) is 11.6 Å². The Hall–Kier alpha value is -0.630. The lowest BCUT2D eigenvalue weighted by Gasteiger charge is -2.26. The molecule has 106 valence electrons. The van der Waals surface area contributed by atoms with Gasteiger partial charge < -0.3 is 5.11 Å². The molecule has 0 amide bonds. The summed E-state index contributed by atoms with van der Waals surface area (Å²) in [5.41, 5.74) is 0.316. The average molecular weight is 254 g/mol. The molecule has 0 radical (unpaired) electrons. The zero-order chi connectivity index (χ0) is 14.3. The quantitative estimate of drug-likeness (QED) is 0.661. The van der Waals surface area contributed by atoms with Gasteiger partial charge in [0.15, 0.2) is 5.78 Å². The van der Waals surface area contributed by atoms with E-state index in [1.807, 2.05) is 27.7 Å². The first-order valence-corrected chi connectivity index (χ1v) is 7.15. The number of hydrogen-bond donors (Lipinski definition) is 1. The van der Waals surface area contributed by atoms with Gasteiger partial charge in [0.2, 0.25) is 0 Å². The summed E-state index contributed by atoms with van der Waals surface area (Å²) in [6, 6.07) is 0. The van der Waals surface area contributed by atoms with Gasteiger partial charge in [-0.2, -0.15) is 0 Å². The van der Waals surface area contributed by atoms with Gasteiger partial charge in [-0.05, 0) is 50.5 Å². The van der Waals surface area contributed by atoms with Crippen LogP contribution in [-0.4, -0.2) is 16.5 Å². The van der Waals surface area contributed by atoms with Crippen LogP contribution in [0.25, 0.3) is 0 Å². The Labute approximate surface area is 112 Å². The molecule has 18 heavy (non-hydrogen) atoms. The van der Waals surface area contributed by atoms with Gasteiger partial charge in [0.1, 0.15) is 0 Å². The van der Waals surface area contributed by atoms with E-state index >= 15 is 0 Å². The molecule has 0 saturated heterocycles. The van der Waals surface area contributed by atoms with Gasteiger partial charge in [-0.1, -0.05) is 33.8 Å². The summed E-state index contributed by atoms with van der Waals surface area (Å²) in [7, 11) is 0. The van der Waals surface area contributed by atoms with Crippen molar-refractivity contribution in [1.29, 1.82) is 0 Å². The third kappa shape index (κ3) is 6.95. The van der Waals surface area contributed by atoms with Crippen LogP contribution in [0.3, 0.4) is 0 Å². The van der Waals surface area contributed by atoms with Gasteiger partial charge in [0.25, 0.3) is 0 Å². The van der Waals surface area contributed by atoms with E-state index < -0.39 is 5.60 Å². The molecule has 0 saturated carbocycles. The van der Waals surface area contributed by atoms with Crippen LogP contribution in [0.5, 0.6) is 0 Å². The molecule has 0 aromatic carbocycles. The molecule has 0 aliphatic carbocycles. The van der Waals surface area contributed by atoms with Crippen molar-refractivity contribution in [2.75, 3.05) is 0 Å². The molecule has 0 rings (SSSR count). The topological polar surface area (TPSA) is 37.3 Å². The van der Waals surface area contributed by atoms with Gasteiger partial charge in [0.05, 0.1) is 5.60 Å². The van der Waals surface area contributed by atoms with E-state index in [0.717, 1.165) is 24.8 Å². The van der Waals surface area contributed by atoms with Crippen LogP contribution in [0.2, 0.25) is 0 Å². The van der Waals surface area contributed by atoms with Crippen molar-refractivity contribution in [3.05, 3.63) is 11.6 Å². The fraction of sp³-hybridized carbons (Fsp3) is 0.812. The minimum absolute atomic E-state index is 0.232. The van der Waals surface area contributed by atoms with E-state index in [-0.39, 0.29) is 5.78 Å². The molecule has 0 aromatic rings. The SMILES string of the molecule is CCC(=O)C(C)=C[C@H](C)C[C@H](C)C[C@@](C)(O)CC. The standard InChI is InChI=1S/C16H30O2/c1-7-15(17)14(5)10-12(3)9-13(4)11-16(6,18)8-2/h10,12-13,18H,7-9,11H2,1-6H3/t12-,13+,16+/m1/s1. The Balaban J connectivity index is 4.32. The number of carbonyl (C=O) groups is 1. The first-order chi connectivity index (χ1) is 8.21. The van der Waals surface area contributed by atoms with Crippen molar-refractivity contribution in [1.82, 2.24) is 0 Å². The Morgan fingerprint density at radius 3 is 2.33 bits per heavy atom. The van der Waals surface area contributed by atoms with Crippen LogP contribution in [0.1, 0.15) is 67.2 Å². The van der Waals surface area contributed by atoms with E-state index in [9.17, 15) is 9.90 Å². The van der Waals surface area contributed by atoms with Crippen LogP contribution in [0, 0.1) is 11.8 Å². The maximum Gasteiger partial charge on any atom is 0.157 e. The summed E-state index contributed by atoms with van der Waals surface area (Å²) in [6.45, 7) is 12.0. The highest BCUT2D eigenvalue weighted by molar-refractivity contribution is 5.94. The van der Waals surface area contributed by atoms with Crippen LogP contribution in [0.4, 0.5) is 0 Å². The van der Waals surface area contributed by atoms with E-state index in [2.05, 4.69) is 19.9 Å². The molecule has 0 aliphatic rings. The number of rotatable bonds is 8. The molecule has 2 nitrogen and oxygen atoms in total. The van der Waals surface area contributed by atoms with E-state index in [0.29, 0.717) is 18.3 Å². The molecule has 0 bridgehead atoms. The predicted octanol–water partition coefficient (Wildman–Crippen LogP) is 4.13. The van der Waals surface area contributed by atoms with Gasteiger partial charge >= 0.3 is 0 Å². The molecule has 3 atom stereocenters. The van der Waals surface area contributed by atoms with Crippen molar-refractivity contribution < 1.29 is 9.90 Å². The van der Waals surface area contributed by atoms with E-state index in [1.54, 1.807) is 0 Å². The highest BCUT2D eigenvalue weighted by atomic mass is 16.3. The molecule has 0 unspecified atom stereocenters. The van der Waals surface area contributed by atoms with Crippen LogP contribution in [-0.2, 0) is 4.79 Å². The maximum atomic E-state index is 11.5. The molecule has 1 N–H and O–H groups in total. The smallest absolute Gasteiger partial charge is 0.157 e. The molecule has 0 heterocycles. The number of Topliss-reactive ketones (excluding diaryl/α,β-unsaturated/α-hetero) is 1. The van der Waals surface area contributed by atoms with Crippen molar-refractivity contribution in [3.8, 4) is 0 Å². The highest BCUT2D eigenvalue weighted by Crippen LogP contribution is 2.25. The zero-order valence-corrected chi connectivity index (χ0v) is 12.9. The summed E-state index contributed by atoms with van der Waals surface area (Å²) in [5.74, 6) is 1.09. The third-order valence-electron chi connectivity index (χ3n) is 3.62. The summed E-state index contributed by atoms with van der Waals surface area (Å²) >= 11 is 0. The van der Waals surface area contributed by atoms with Crippen molar-refractivity contribution in [2.24, 2.45) is 11.8 Å². The van der Waals surface area contributed by atoms with Gasteiger partial charge in [0, 0.05) is 6.42 Å². The summed E-state index contributed by atoms with van der Waals surface area (Å²) in [4.78, 5) is 11.5. The molecule has 0 fully saturated rings. The maximum absolute atomic E-state index is 11.5. The van der Waals surface area contributed by atoms with Crippen molar-refractivity contribution >= 4 is 5.78 Å². The minimum atomic E-state index is -0.558. The average Bonchev–Trinajstić information content (AvgIpc) is 2.26. The molecular formula is C16H30O2. The second-order valence-electron chi connectivity index (χ2n) is 6.00. The first-order valence-electron chi connectivity index (χ1n) is 7.15. The molecular weight excluding hydrogens is 224 g/mol. The largest absolute Gasteiger partial charge is 0.390 e. The Kier molecular flexibility index (Phi) is 7.46. The normalized spacial score (nSPS) is 19.2. The second kappa shape index (κ2) is 7.73. The van der Waals surface area contributed by atoms with E-state index in [1.165, 1.54) is 0 Å². The van der Waals surface area contributed by atoms with Crippen LogP contribution >= 0.6 is 0 Å². The first kappa shape index (κ1) is 17.4. The predicted molar refractivity (Wildman–Crippen MR) is 77.5 cm³/mol. The fourth-order valence-electron chi connectivity index (χ4n) is 2.48. The summed E-state index contributed by atoms with van der Waals surface area (Å²) in [5, 5.41) is 10.0. The van der Waals surface area contributed by atoms with Crippen molar-refractivity contribution in [2.45, 2.75) is 72.8 Å². The van der Waals surface area contributed by atoms with Gasteiger partial charge in [-0.3, -0.25) is 4.79 Å². The summed E-state index contributed by atoms with van der Waals surface area (Å²) in [6.07, 6.45) is 5.28. The Morgan fingerprint density at radius 1 is 1.33 bits per heavy atom. The number of hydrogen-bond acceptors (Lipinski definition) is 2. The lowest BCUT2D eigenvalue weighted by Crippen LogP contribution is -2.26. The minimum Gasteiger partial charge on any atom is -0.390 e. The zero-order valence-electron chi connectivity index (χ0n) is 12.9. The number of ketones is 1. The number of allylic oxidation sites excluding steroid dienone is 2. The number of aliphatic hydroxyl groups is 1. The molecule has 0 aliphatic heterocycles. The monoisotopic (exact) mass is 254 g/mol. The number of carbonyl (C=O) groups excluding carboxylic acids is 1. The fourth-order valence-corrected chi connectivity index (χ4v) is 2.48. The summed E-state index contributed by atoms with van der Waals surface area (Å²) < 4.78 is 0. The molecule has 0 aromatic heterocycles. The third-order valence-corrected chi connectivity index (χ3v) is 3.62. The van der Waals surface area contributed by atoms with Gasteiger partial charge in [-0.25, -0.2) is 0 Å². The van der Waals surface area contributed by atoms with Crippen LogP contribution < -0.4 is 0 Å².